The van der Waals surface area contributed by atoms with Crippen LogP contribution in [0.2, 0.25) is 0 Å². The summed E-state index contributed by atoms with van der Waals surface area (Å²) in [5.74, 6) is 0.468. The van der Waals surface area contributed by atoms with Crippen molar-refractivity contribution in [3.05, 3.63) is 28.2 Å². The van der Waals surface area contributed by atoms with Crippen LogP contribution in [0.4, 0.5) is 0 Å². The number of sulfonamides is 1. The molecule has 2 N–H and O–H groups in total. The molecule has 0 aromatic heterocycles. The fraction of sp³-hybridized carbons (Fsp3) is 0.500. The van der Waals surface area contributed by atoms with E-state index in [1.165, 1.54) is 6.07 Å². The zero-order valence-electron chi connectivity index (χ0n) is 10.1. The number of hydrogen-bond acceptors (Lipinski definition) is 3. The van der Waals surface area contributed by atoms with E-state index in [0.29, 0.717) is 16.0 Å². The van der Waals surface area contributed by atoms with E-state index in [-0.39, 0.29) is 17.5 Å². The number of halogens is 1. The molecule has 0 radical (unpaired) electrons. The summed E-state index contributed by atoms with van der Waals surface area (Å²) in [5.41, 5.74) is 0.677. The van der Waals surface area contributed by atoms with E-state index in [1.807, 2.05) is 6.92 Å². The molecule has 18 heavy (non-hydrogen) atoms. The molecule has 1 saturated carbocycles. The summed E-state index contributed by atoms with van der Waals surface area (Å²) in [6, 6.07) is 4.72. The van der Waals surface area contributed by atoms with Crippen LogP contribution in [0, 0.1) is 5.92 Å². The number of rotatable bonds is 5. The second-order valence-electron chi connectivity index (χ2n) is 4.67. The highest BCUT2D eigenvalue weighted by Gasteiger charge is 2.31. The second-order valence-corrected chi connectivity index (χ2v) is 7.21. The van der Waals surface area contributed by atoms with Crippen LogP contribution in [-0.4, -0.2) is 19.6 Å². The van der Waals surface area contributed by atoms with Gasteiger partial charge in [0.1, 0.15) is 0 Å². The first-order valence-corrected chi connectivity index (χ1v) is 8.13. The third kappa shape index (κ3) is 3.12. The lowest BCUT2D eigenvalue weighted by Crippen LogP contribution is -2.34. The van der Waals surface area contributed by atoms with Crippen molar-refractivity contribution in [2.75, 3.05) is 0 Å². The molecule has 0 heterocycles. The molecule has 0 saturated heterocycles. The van der Waals surface area contributed by atoms with Gasteiger partial charge in [-0.25, -0.2) is 13.1 Å². The molecule has 1 unspecified atom stereocenters. The number of aliphatic hydroxyl groups excluding tert-OH is 1. The first kappa shape index (κ1) is 14.0. The molecule has 100 valence electrons. The van der Waals surface area contributed by atoms with Gasteiger partial charge >= 0.3 is 0 Å². The van der Waals surface area contributed by atoms with Crippen LogP contribution >= 0.6 is 15.9 Å². The lowest BCUT2D eigenvalue weighted by molar-refractivity contribution is 0.281. The van der Waals surface area contributed by atoms with Gasteiger partial charge in [-0.2, -0.15) is 0 Å². The molecule has 0 bridgehead atoms. The predicted molar refractivity (Wildman–Crippen MR) is 72.6 cm³/mol. The van der Waals surface area contributed by atoms with Crippen LogP contribution in [0.3, 0.4) is 0 Å². The molecule has 4 nitrogen and oxygen atoms in total. The largest absolute Gasteiger partial charge is 0.392 e. The van der Waals surface area contributed by atoms with E-state index in [4.69, 9.17) is 5.11 Å². The Kier molecular flexibility index (Phi) is 4.11. The summed E-state index contributed by atoms with van der Waals surface area (Å²) < 4.78 is 27.6. The van der Waals surface area contributed by atoms with Gasteiger partial charge in [0.25, 0.3) is 0 Å². The van der Waals surface area contributed by atoms with Crippen molar-refractivity contribution in [2.24, 2.45) is 5.92 Å². The van der Waals surface area contributed by atoms with Crippen molar-refractivity contribution in [2.45, 2.75) is 37.3 Å². The number of aliphatic hydroxyl groups is 1. The maximum absolute atomic E-state index is 12.2. The summed E-state index contributed by atoms with van der Waals surface area (Å²) in [5, 5.41) is 9.00. The lowest BCUT2D eigenvalue weighted by Gasteiger charge is -2.14. The highest BCUT2D eigenvalue weighted by Crippen LogP contribution is 2.33. The molecule has 1 fully saturated rings. The molecule has 6 heteroatoms. The van der Waals surface area contributed by atoms with Crippen molar-refractivity contribution in [3.63, 3.8) is 0 Å². The first-order valence-electron chi connectivity index (χ1n) is 5.85. The smallest absolute Gasteiger partial charge is 0.241 e. The quantitative estimate of drug-likeness (QED) is 0.866. The minimum atomic E-state index is -3.50. The zero-order valence-corrected chi connectivity index (χ0v) is 12.5. The lowest BCUT2D eigenvalue weighted by atomic mass is 10.2. The highest BCUT2D eigenvalue weighted by molar-refractivity contribution is 9.10. The van der Waals surface area contributed by atoms with Gasteiger partial charge in [-0.05, 0) is 59.3 Å². The third-order valence-electron chi connectivity index (χ3n) is 3.14. The standard InChI is InChI=1S/C12H16BrNO3S/c1-8(10-3-4-10)14-18(16,17)12-5-2-9(7-15)6-11(12)13/h2,5-6,8,10,14-15H,3-4,7H2,1H3. The van der Waals surface area contributed by atoms with Crippen molar-refractivity contribution in [1.82, 2.24) is 4.72 Å². The molecule has 1 atom stereocenters. The monoisotopic (exact) mass is 333 g/mol. The average molecular weight is 334 g/mol. The molecule has 1 aromatic rings. The Morgan fingerprint density at radius 1 is 1.50 bits per heavy atom. The van der Waals surface area contributed by atoms with Crippen LogP contribution in [0.25, 0.3) is 0 Å². The Bertz CT molecular complexity index is 540. The Morgan fingerprint density at radius 2 is 2.17 bits per heavy atom. The van der Waals surface area contributed by atoms with Crippen molar-refractivity contribution in [1.29, 1.82) is 0 Å². The van der Waals surface area contributed by atoms with E-state index in [1.54, 1.807) is 12.1 Å². The summed E-state index contributed by atoms with van der Waals surface area (Å²) >= 11 is 3.24. The van der Waals surface area contributed by atoms with E-state index in [2.05, 4.69) is 20.7 Å². The second kappa shape index (κ2) is 5.28. The molecule has 1 aliphatic rings. The molecular weight excluding hydrogens is 318 g/mol. The van der Waals surface area contributed by atoms with Gasteiger partial charge in [-0.15, -0.1) is 0 Å². The van der Waals surface area contributed by atoms with E-state index < -0.39 is 10.0 Å². The van der Waals surface area contributed by atoms with E-state index in [0.717, 1.165) is 12.8 Å². The maximum atomic E-state index is 12.2. The van der Waals surface area contributed by atoms with Gasteiger partial charge in [-0.1, -0.05) is 6.07 Å². The summed E-state index contributed by atoms with van der Waals surface area (Å²) in [4.78, 5) is 0.215. The van der Waals surface area contributed by atoms with E-state index in [9.17, 15) is 8.42 Å². The Balaban J connectivity index is 2.23. The molecule has 1 aromatic carbocycles. The maximum Gasteiger partial charge on any atom is 0.241 e. The molecule has 0 aliphatic heterocycles. The van der Waals surface area contributed by atoms with Gasteiger partial charge in [0, 0.05) is 10.5 Å². The Labute approximate surface area is 116 Å². The first-order chi connectivity index (χ1) is 8.44. The minimum absolute atomic E-state index is 0.0283. The fourth-order valence-corrected chi connectivity index (χ4v) is 4.30. The van der Waals surface area contributed by atoms with Crippen molar-refractivity contribution < 1.29 is 13.5 Å². The average Bonchev–Trinajstić information content (AvgIpc) is 3.11. The molecule has 0 spiro atoms. The predicted octanol–water partition coefficient (Wildman–Crippen LogP) is 2.02. The number of hydrogen-bond donors (Lipinski definition) is 2. The van der Waals surface area contributed by atoms with Crippen LogP contribution in [0.15, 0.2) is 27.6 Å². The zero-order chi connectivity index (χ0) is 13.3. The van der Waals surface area contributed by atoms with Crippen LogP contribution < -0.4 is 4.72 Å². The van der Waals surface area contributed by atoms with Gasteiger partial charge in [0.05, 0.1) is 11.5 Å². The molecule has 2 rings (SSSR count). The fourth-order valence-electron chi connectivity index (χ4n) is 1.86. The topological polar surface area (TPSA) is 66.4 Å². The van der Waals surface area contributed by atoms with Crippen LogP contribution in [0.1, 0.15) is 25.3 Å². The summed E-state index contributed by atoms with van der Waals surface area (Å²) in [6.07, 6.45) is 2.18. The highest BCUT2D eigenvalue weighted by atomic mass is 79.9. The van der Waals surface area contributed by atoms with Gasteiger partial charge < -0.3 is 5.11 Å². The third-order valence-corrected chi connectivity index (χ3v) is 5.67. The molecule has 0 amide bonds. The van der Waals surface area contributed by atoms with Gasteiger partial charge in [0.15, 0.2) is 0 Å². The van der Waals surface area contributed by atoms with Gasteiger partial charge in [0.2, 0.25) is 10.0 Å². The Hall–Kier alpha value is -0.430. The van der Waals surface area contributed by atoms with Gasteiger partial charge in [-0.3, -0.25) is 0 Å². The Morgan fingerprint density at radius 3 is 2.67 bits per heavy atom. The molecule has 1 aliphatic carbocycles. The van der Waals surface area contributed by atoms with Crippen molar-refractivity contribution in [3.8, 4) is 0 Å². The normalized spacial score (nSPS) is 17.7. The summed E-state index contributed by atoms with van der Waals surface area (Å²) in [7, 11) is -3.50. The van der Waals surface area contributed by atoms with Crippen LogP contribution in [0.5, 0.6) is 0 Å². The van der Waals surface area contributed by atoms with Crippen LogP contribution in [-0.2, 0) is 16.6 Å². The summed E-state index contributed by atoms with van der Waals surface area (Å²) in [6.45, 7) is 1.79. The van der Waals surface area contributed by atoms with E-state index >= 15 is 0 Å². The number of benzene rings is 1. The number of nitrogens with one attached hydrogen (secondary N) is 1. The SMILES string of the molecule is CC(NS(=O)(=O)c1ccc(CO)cc1Br)C1CC1. The van der Waals surface area contributed by atoms with Crippen molar-refractivity contribution >= 4 is 26.0 Å². The molecular formula is C12H16BrNO3S. The minimum Gasteiger partial charge on any atom is -0.392 e.